The van der Waals surface area contributed by atoms with Gasteiger partial charge >= 0.3 is 0 Å². The molecule has 0 aliphatic carbocycles. The maximum Gasteiger partial charge on any atom is 0.151 e. The van der Waals surface area contributed by atoms with E-state index < -0.39 is 0 Å². The SMILES string of the molecule is CCC(CC)(CC)c1ccc(-c2ccc(C=O)c(I)c2)cc1. The lowest BCUT2D eigenvalue weighted by Crippen LogP contribution is -2.23. The average Bonchev–Trinajstić information content (AvgIpc) is 2.57. The van der Waals surface area contributed by atoms with E-state index in [1.165, 1.54) is 30.4 Å². The van der Waals surface area contributed by atoms with Crippen molar-refractivity contribution in [1.82, 2.24) is 0 Å². The summed E-state index contributed by atoms with van der Waals surface area (Å²) in [7, 11) is 0. The van der Waals surface area contributed by atoms with Gasteiger partial charge in [-0.3, -0.25) is 4.79 Å². The Morgan fingerprint density at radius 2 is 1.45 bits per heavy atom. The Kier molecular flexibility index (Phi) is 5.79. The molecule has 0 aliphatic rings. The van der Waals surface area contributed by atoms with Crippen molar-refractivity contribution in [3.63, 3.8) is 0 Å². The molecular weight excluding hydrogens is 383 g/mol. The summed E-state index contributed by atoms with van der Waals surface area (Å²) < 4.78 is 0.999. The minimum atomic E-state index is 0.300. The lowest BCUT2D eigenvalue weighted by molar-refractivity contribution is 0.112. The van der Waals surface area contributed by atoms with Crippen molar-refractivity contribution >= 4 is 28.9 Å². The first-order chi connectivity index (χ1) is 10.6. The van der Waals surface area contributed by atoms with E-state index in [1.807, 2.05) is 12.1 Å². The number of hydrogen-bond acceptors (Lipinski definition) is 1. The van der Waals surface area contributed by atoms with Crippen molar-refractivity contribution in [1.29, 1.82) is 0 Å². The molecule has 0 bridgehead atoms. The van der Waals surface area contributed by atoms with Gasteiger partial charge in [0.05, 0.1) is 0 Å². The van der Waals surface area contributed by atoms with Crippen LogP contribution in [0.4, 0.5) is 0 Å². The third-order valence-corrected chi connectivity index (χ3v) is 5.92. The molecule has 0 radical (unpaired) electrons. The molecule has 116 valence electrons. The number of aldehydes is 1. The highest BCUT2D eigenvalue weighted by Crippen LogP contribution is 2.36. The highest BCUT2D eigenvalue weighted by atomic mass is 127. The maximum atomic E-state index is 10.9. The number of rotatable bonds is 6. The molecule has 1 nitrogen and oxygen atoms in total. The standard InChI is InChI=1S/C20H23IO/c1-4-20(5-2,6-3)18-11-9-15(10-12-18)16-7-8-17(14-22)19(21)13-16/h7-14H,4-6H2,1-3H3. The fourth-order valence-corrected chi connectivity index (χ4v) is 3.82. The van der Waals surface area contributed by atoms with E-state index in [0.717, 1.165) is 21.0 Å². The van der Waals surface area contributed by atoms with Gasteiger partial charge in [-0.25, -0.2) is 0 Å². The molecule has 0 amide bonds. The van der Waals surface area contributed by atoms with Crippen LogP contribution in [0, 0.1) is 3.57 Å². The van der Waals surface area contributed by atoms with Crippen LogP contribution in [0.15, 0.2) is 42.5 Å². The predicted molar refractivity (Wildman–Crippen MR) is 103 cm³/mol. The highest BCUT2D eigenvalue weighted by Gasteiger charge is 2.25. The minimum Gasteiger partial charge on any atom is -0.298 e. The number of halogens is 1. The largest absolute Gasteiger partial charge is 0.298 e. The molecular formula is C20H23IO. The van der Waals surface area contributed by atoms with Gasteiger partial charge in [0, 0.05) is 9.13 Å². The van der Waals surface area contributed by atoms with Crippen molar-refractivity contribution in [2.75, 3.05) is 0 Å². The molecule has 22 heavy (non-hydrogen) atoms. The molecule has 0 spiro atoms. The second-order valence-corrected chi connectivity index (χ2v) is 6.93. The van der Waals surface area contributed by atoms with Gasteiger partial charge in [-0.1, -0.05) is 57.2 Å². The minimum absolute atomic E-state index is 0.300. The van der Waals surface area contributed by atoms with Crippen LogP contribution < -0.4 is 0 Å². The van der Waals surface area contributed by atoms with Crippen molar-refractivity contribution in [3.05, 3.63) is 57.2 Å². The fourth-order valence-electron chi connectivity index (χ4n) is 3.18. The van der Waals surface area contributed by atoms with Crippen molar-refractivity contribution in [3.8, 4) is 11.1 Å². The van der Waals surface area contributed by atoms with Crippen LogP contribution in [0.25, 0.3) is 11.1 Å². The molecule has 2 aromatic carbocycles. The van der Waals surface area contributed by atoms with Gasteiger partial charge in [0.2, 0.25) is 0 Å². The van der Waals surface area contributed by atoms with Crippen LogP contribution in [0.3, 0.4) is 0 Å². The molecule has 0 aliphatic heterocycles. The normalized spacial score (nSPS) is 11.5. The van der Waals surface area contributed by atoms with E-state index in [0.29, 0.717) is 5.41 Å². The molecule has 2 rings (SSSR count). The molecule has 0 heterocycles. The van der Waals surface area contributed by atoms with Gasteiger partial charge in [-0.2, -0.15) is 0 Å². The monoisotopic (exact) mass is 406 g/mol. The summed E-state index contributed by atoms with van der Waals surface area (Å²) in [5.74, 6) is 0. The summed E-state index contributed by atoms with van der Waals surface area (Å²) in [4.78, 5) is 10.9. The zero-order chi connectivity index (χ0) is 16.2. The van der Waals surface area contributed by atoms with Crippen LogP contribution in [0.1, 0.15) is 56.0 Å². The Morgan fingerprint density at radius 1 is 0.909 bits per heavy atom. The lowest BCUT2D eigenvalue weighted by atomic mass is 9.73. The van der Waals surface area contributed by atoms with E-state index in [4.69, 9.17) is 0 Å². The molecule has 0 unspecified atom stereocenters. The highest BCUT2D eigenvalue weighted by molar-refractivity contribution is 14.1. The van der Waals surface area contributed by atoms with Crippen molar-refractivity contribution in [2.45, 2.75) is 45.4 Å². The van der Waals surface area contributed by atoms with Crippen LogP contribution in [-0.2, 0) is 5.41 Å². The molecule has 0 saturated heterocycles. The zero-order valence-corrected chi connectivity index (χ0v) is 15.7. The Bertz CT molecular complexity index is 631. The summed E-state index contributed by atoms with van der Waals surface area (Å²) in [6.07, 6.45) is 4.43. The van der Waals surface area contributed by atoms with E-state index in [9.17, 15) is 4.79 Å². The van der Waals surface area contributed by atoms with E-state index in [-0.39, 0.29) is 0 Å². The lowest BCUT2D eigenvalue weighted by Gasteiger charge is -2.31. The first-order valence-electron chi connectivity index (χ1n) is 7.95. The predicted octanol–water partition coefficient (Wildman–Crippen LogP) is 6.24. The van der Waals surface area contributed by atoms with E-state index in [2.05, 4.69) is 73.7 Å². The quantitative estimate of drug-likeness (QED) is 0.410. The first-order valence-corrected chi connectivity index (χ1v) is 9.03. The van der Waals surface area contributed by atoms with Gasteiger partial charge in [0.25, 0.3) is 0 Å². The Hall–Kier alpha value is -1.16. The number of hydrogen-bond donors (Lipinski definition) is 0. The summed E-state index contributed by atoms with van der Waals surface area (Å²) >= 11 is 2.22. The molecule has 0 N–H and O–H groups in total. The molecule has 2 heteroatoms. The second-order valence-electron chi connectivity index (χ2n) is 5.77. The third-order valence-electron chi connectivity index (χ3n) is 4.99. The van der Waals surface area contributed by atoms with Gasteiger partial charge in [0.1, 0.15) is 0 Å². The number of carbonyl (C=O) groups excluding carboxylic acids is 1. The Labute approximate surface area is 147 Å². The Balaban J connectivity index is 2.36. The van der Waals surface area contributed by atoms with Gasteiger partial charge in [-0.05, 0) is 70.0 Å². The summed E-state index contributed by atoms with van der Waals surface area (Å²) in [5, 5.41) is 0. The summed E-state index contributed by atoms with van der Waals surface area (Å²) in [6, 6.07) is 14.9. The molecule has 2 aromatic rings. The Morgan fingerprint density at radius 3 is 1.91 bits per heavy atom. The average molecular weight is 406 g/mol. The van der Waals surface area contributed by atoms with Crippen molar-refractivity contribution in [2.24, 2.45) is 0 Å². The van der Waals surface area contributed by atoms with Crippen LogP contribution >= 0.6 is 22.6 Å². The van der Waals surface area contributed by atoms with Crippen LogP contribution in [0.2, 0.25) is 0 Å². The van der Waals surface area contributed by atoms with Crippen LogP contribution in [0.5, 0.6) is 0 Å². The summed E-state index contributed by atoms with van der Waals surface area (Å²) in [5.41, 5.74) is 4.85. The molecule has 0 saturated carbocycles. The van der Waals surface area contributed by atoms with Gasteiger partial charge in [0.15, 0.2) is 6.29 Å². The smallest absolute Gasteiger partial charge is 0.151 e. The van der Waals surface area contributed by atoms with Crippen molar-refractivity contribution < 1.29 is 4.79 Å². The zero-order valence-electron chi connectivity index (χ0n) is 13.5. The number of carbonyl (C=O) groups is 1. The molecule has 0 aromatic heterocycles. The van der Waals surface area contributed by atoms with Gasteiger partial charge < -0.3 is 0 Å². The fraction of sp³-hybridized carbons (Fsp3) is 0.350. The maximum absolute atomic E-state index is 10.9. The van der Waals surface area contributed by atoms with Crippen LogP contribution in [-0.4, -0.2) is 6.29 Å². The molecule has 0 atom stereocenters. The second kappa shape index (κ2) is 7.40. The third kappa shape index (κ3) is 3.27. The van der Waals surface area contributed by atoms with E-state index >= 15 is 0 Å². The van der Waals surface area contributed by atoms with Gasteiger partial charge in [-0.15, -0.1) is 0 Å². The topological polar surface area (TPSA) is 17.1 Å². The first kappa shape index (κ1) is 17.2. The summed E-state index contributed by atoms with van der Waals surface area (Å²) in [6.45, 7) is 6.84. The molecule has 0 fully saturated rings. The van der Waals surface area contributed by atoms with E-state index in [1.54, 1.807) is 0 Å². The number of benzene rings is 2.